The number of imidazole rings is 1. The van der Waals surface area contributed by atoms with Crippen molar-refractivity contribution >= 4 is 39.9 Å². The summed E-state index contributed by atoms with van der Waals surface area (Å²) in [6, 6.07) is 16.9. The summed E-state index contributed by atoms with van der Waals surface area (Å²) in [5, 5.41) is 8.70. The second-order valence-electron chi connectivity index (χ2n) is 7.51. The van der Waals surface area contributed by atoms with Crippen LogP contribution in [-0.4, -0.2) is 32.4 Å². The minimum atomic E-state index is -0.267. The molecule has 0 atom stereocenters. The van der Waals surface area contributed by atoms with Gasteiger partial charge in [0.2, 0.25) is 0 Å². The SMILES string of the molecule is CNC(=O)Nc1ccc(-c2cnc3c(NCc4cccnc4)nc4cc(N)ccc4n23)cc1. The van der Waals surface area contributed by atoms with Crippen LogP contribution >= 0.6 is 0 Å². The first-order valence-electron chi connectivity index (χ1n) is 10.4. The number of nitrogens with two attached hydrogens (primary N) is 1. The van der Waals surface area contributed by atoms with E-state index in [0.29, 0.717) is 29.4 Å². The van der Waals surface area contributed by atoms with Crippen molar-refractivity contribution in [3.63, 3.8) is 0 Å². The van der Waals surface area contributed by atoms with Crippen molar-refractivity contribution < 1.29 is 4.79 Å². The molecule has 2 amide bonds. The number of nitrogens with one attached hydrogen (secondary N) is 3. The van der Waals surface area contributed by atoms with Gasteiger partial charge in [0.15, 0.2) is 11.5 Å². The molecule has 0 spiro atoms. The van der Waals surface area contributed by atoms with E-state index >= 15 is 0 Å². The first-order valence-corrected chi connectivity index (χ1v) is 10.4. The van der Waals surface area contributed by atoms with E-state index in [1.54, 1.807) is 13.2 Å². The summed E-state index contributed by atoms with van der Waals surface area (Å²) < 4.78 is 2.06. The van der Waals surface area contributed by atoms with Crippen LogP contribution in [0.25, 0.3) is 27.9 Å². The van der Waals surface area contributed by atoms with Crippen molar-refractivity contribution in [1.29, 1.82) is 0 Å². The average molecular weight is 438 g/mol. The molecule has 3 heterocycles. The summed E-state index contributed by atoms with van der Waals surface area (Å²) in [5.74, 6) is 0.654. The van der Waals surface area contributed by atoms with E-state index in [0.717, 1.165) is 27.9 Å². The van der Waals surface area contributed by atoms with Crippen molar-refractivity contribution in [2.45, 2.75) is 6.54 Å². The van der Waals surface area contributed by atoms with Crippen molar-refractivity contribution in [3.8, 4) is 11.3 Å². The van der Waals surface area contributed by atoms with Crippen molar-refractivity contribution in [2.75, 3.05) is 23.4 Å². The standard InChI is InChI=1S/C24H22N8O/c1-26-24(33)30-18-7-4-16(5-8-18)21-14-29-23-22(28-13-15-3-2-10-27-12-15)31-19-11-17(25)6-9-20(19)32(21)23/h2-12,14H,13,25H2,1H3,(H,28,31)(H2,26,30,33). The van der Waals surface area contributed by atoms with Crippen LogP contribution in [-0.2, 0) is 6.54 Å². The molecule has 0 saturated carbocycles. The zero-order valence-corrected chi connectivity index (χ0v) is 17.9. The fraction of sp³-hybridized carbons (Fsp3) is 0.0833. The molecule has 0 radical (unpaired) electrons. The third-order valence-electron chi connectivity index (χ3n) is 5.29. The van der Waals surface area contributed by atoms with Crippen molar-refractivity contribution in [3.05, 3.63) is 78.8 Å². The molecule has 0 bridgehead atoms. The quantitative estimate of drug-likeness (QED) is 0.309. The van der Waals surface area contributed by atoms with Gasteiger partial charge >= 0.3 is 6.03 Å². The largest absolute Gasteiger partial charge is 0.399 e. The number of anilines is 3. The lowest BCUT2D eigenvalue weighted by Gasteiger charge is -2.12. The summed E-state index contributed by atoms with van der Waals surface area (Å²) in [7, 11) is 1.58. The Kier molecular flexibility index (Phi) is 5.19. The number of hydrogen-bond donors (Lipinski definition) is 4. The van der Waals surface area contributed by atoms with Crippen LogP contribution < -0.4 is 21.7 Å². The Hall–Kier alpha value is -4.66. The third kappa shape index (κ3) is 3.99. The van der Waals surface area contributed by atoms with Gasteiger partial charge in [-0.05, 0) is 42.0 Å². The monoisotopic (exact) mass is 438 g/mol. The number of benzene rings is 2. The molecule has 5 N–H and O–H groups in total. The highest BCUT2D eigenvalue weighted by Gasteiger charge is 2.15. The summed E-state index contributed by atoms with van der Waals surface area (Å²) in [5.41, 5.74) is 12.6. The van der Waals surface area contributed by atoms with Crippen LogP contribution in [0.3, 0.4) is 0 Å². The zero-order chi connectivity index (χ0) is 22.8. The van der Waals surface area contributed by atoms with E-state index in [2.05, 4.69) is 30.3 Å². The number of nitrogen functional groups attached to an aromatic ring is 1. The predicted octanol–water partition coefficient (Wildman–Crippen LogP) is 3.89. The number of rotatable bonds is 5. The summed E-state index contributed by atoms with van der Waals surface area (Å²) >= 11 is 0. The number of carbonyl (C=O) groups excluding carboxylic acids is 1. The Labute approximate surface area is 189 Å². The molecule has 0 unspecified atom stereocenters. The molecule has 9 heteroatoms. The number of fused-ring (bicyclic) bond motifs is 3. The number of hydrogen-bond acceptors (Lipinski definition) is 6. The second-order valence-corrected chi connectivity index (χ2v) is 7.51. The van der Waals surface area contributed by atoms with E-state index in [9.17, 15) is 4.79 Å². The van der Waals surface area contributed by atoms with Crippen LogP contribution in [0.5, 0.6) is 0 Å². The molecule has 164 valence electrons. The smallest absolute Gasteiger partial charge is 0.318 e. The highest BCUT2D eigenvalue weighted by Crippen LogP contribution is 2.30. The second kappa shape index (κ2) is 8.46. The van der Waals surface area contributed by atoms with Crippen molar-refractivity contribution in [1.82, 2.24) is 24.7 Å². The van der Waals surface area contributed by atoms with Gasteiger partial charge in [0, 0.05) is 42.9 Å². The van der Waals surface area contributed by atoms with E-state index in [1.807, 2.05) is 67.0 Å². The molecule has 0 aliphatic rings. The van der Waals surface area contributed by atoms with Gasteiger partial charge < -0.3 is 21.7 Å². The molecular weight excluding hydrogens is 416 g/mol. The van der Waals surface area contributed by atoms with Crippen LogP contribution in [0.4, 0.5) is 22.0 Å². The lowest BCUT2D eigenvalue weighted by Crippen LogP contribution is -2.24. The van der Waals surface area contributed by atoms with Gasteiger partial charge in [-0.15, -0.1) is 0 Å². The fourth-order valence-corrected chi connectivity index (χ4v) is 3.68. The molecular formula is C24H22N8O. The molecule has 0 fully saturated rings. The van der Waals surface area contributed by atoms with Gasteiger partial charge in [0.1, 0.15) is 0 Å². The predicted molar refractivity (Wildman–Crippen MR) is 130 cm³/mol. The lowest BCUT2D eigenvalue weighted by atomic mass is 10.1. The Morgan fingerprint density at radius 3 is 2.70 bits per heavy atom. The molecule has 0 aliphatic carbocycles. The number of urea groups is 1. The highest BCUT2D eigenvalue weighted by atomic mass is 16.2. The summed E-state index contributed by atoms with van der Waals surface area (Å²) in [4.78, 5) is 25.2. The van der Waals surface area contributed by atoms with E-state index < -0.39 is 0 Å². The first kappa shape index (κ1) is 20.3. The molecule has 2 aromatic carbocycles. The lowest BCUT2D eigenvalue weighted by molar-refractivity contribution is 0.254. The van der Waals surface area contributed by atoms with Gasteiger partial charge in [-0.2, -0.15) is 0 Å². The number of aromatic nitrogens is 4. The maximum absolute atomic E-state index is 11.6. The first-order chi connectivity index (χ1) is 16.1. The molecule has 0 saturated heterocycles. The third-order valence-corrected chi connectivity index (χ3v) is 5.29. The van der Waals surface area contributed by atoms with Gasteiger partial charge in [-0.1, -0.05) is 18.2 Å². The molecule has 5 aromatic rings. The Balaban J connectivity index is 1.59. The average Bonchev–Trinajstić information content (AvgIpc) is 3.29. The Morgan fingerprint density at radius 2 is 1.94 bits per heavy atom. The maximum atomic E-state index is 11.6. The number of amides is 2. The van der Waals surface area contributed by atoms with Gasteiger partial charge in [0.05, 0.1) is 22.9 Å². The Morgan fingerprint density at radius 1 is 1.09 bits per heavy atom. The van der Waals surface area contributed by atoms with E-state index in [4.69, 9.17) is 10.7 Å². The van der Waals surface area contributed by atoms with Crippen molar-refractivity contribution in [2.24, 2.45) is 0 Å². The number of carbonyl (C=O) groups is 1. The van der Waals surface area contributed by atoms with Gasteiger partial charge in [-0.25, -0.2) is 14.8 Å². The van der Waals surface area contributed by atoms with Gasteiger partial charge in [-0.3, -0.25) is 9.38 Å². The molecule has 33 heavy (non-hydrogen) atoms. The minimum absolute atomic E-state index is 0.267. The van der Waals surface area contributed by atoms with E-state index in [-0.39, 0.29) is 6.03 Å². The summed E-state index contributed by atoms with van der Waals surface area (Å²) in [6.07, 6.45) is 5.38. The molecule has 9 nitrogen and oxygen atoms in total. The number of nitrogens with zero attached hydrogens (tertiary/aromatic N) is 4. The normalized spacial score (nSPS) is 10.9. The van der Waals surface area contributed by atoms with Crippen LogP contribution in [0.1, 0.15) is 5.56 Å². The van der Waals surface area contributed by atoms with Crippen LogP contribution in [0, 0.1) is 0 Å². The minimum Gasteiger partial charge on any atom is -0.399 e. The fourth-order valence-electron chi connectivity index (χ4n) is 3.68. The Bertz CT molecular complexity index is 1440. The van der Waals surface area contributed by atoms with Crippen LogP contribution in [0.2, 0.25) is 0 Å². The number of pyridine rings is 1. The zero-order valence-electron chi connectivity index (χ0n) is 17.9. The van der Waals surface area contributed by atoms with Crippen LogP contribution in [0.15, 0.2) is 73.2 Å². The van der Waals surface area contributed by atoms with E-state index in [1.165, 1.54) is 0 Å². The molecule has 0 aliphatic heterocycles. The topological polar surface area (TPSA) is 122 Å². The molecule has 5 rings (SSSR count). The highest BCUT2D eigenvalue weighted by molar-refractivity contribution is 5.90. The molecule has 3 aromatic heterocycles. The summed E-state index contributed by atoms with van der Waals surface area (Å²) in [6.45, 7) is 0.562. The maximum Gasteiger partial charge on any atom is 0.318 e. The van der Waals surface area contributed by atoms with Gasteiger partial charge in [0.25, 0.3) is 0 Å².